The first-order valence-electron chi connectivity index (χ1n) is 8.25. The number of likely N-dealkylation sites (N-methyl/N-ethyl adjacent to an activating group) is 1. The van der Waals surface area contributed by atoms with E-state index < -0.39 is 0 Å². The van der Waals surface area contributed by atoms with Gasteiger partial charge in [0.05, 0.1) is 6.10 Å². The fraction of sp³-hybridized carbons (Fsp3) is 0.389. The maximum absolute atomic E-state index is 12.2. The van der Waals surface area contributed by atoms with Crippen LogP contribution >= 0.6 is 0 Å². The smallest absolute Gasteiger partial charge is 0.276 e. The molecule has 1 amide bonds. The third-order valence-corrected chi connectivity index (χ3v) is 4.06. The Morgan fingerprint density at radius 1 is 1.21 bits per heavy atom. The highest BCUT2D eigenvalue weighted by atomic mass is 16.5. The molecule has 0 bridgehead atoms. The van der Waals surface area contributed by atoms with Gasteiger partial charge in [0.25, 0.3) is 5.91 Å². The van der Waals surface area contributed by atoms with E-state index in [9.17, 15) is 4.79 Å². The maximum atomic E-state index is 12.2. The predicted octanol–water partition coefficient (Wildman–Crippen LogP) is 2.73. The number of benzene rings is 1. The number of rotatable bonds is 5. The van der Waals surface area contributed by atoms with Crippen molar-refractivity contribution >= 4 is 17.4 Å². The third-order valence-electron chi connectivity index (χ3n) is 4.06. The molecule has 2 aromatic rings. The van der Waals surface area contributed by atoms with Crippen molar-refractivity contribution in [3.8, 4) is 0 Å². The molecule has 3 rings (SSSR count). The van der Waals surface area contributed by atoms with Gasteiger partial charge in [-0.05, 0) is 43.5 Å². The van der Waals surface area contributed by atoms with Crippen molar-refractivity contribution < 1.29 is 9.53 Å². The van der Waals surface area contributed by atoms with E-state index >= 15 is 0 Å². The number of carbonyl (C=O) groups excluding carboxylic acids is 1. The summed E-state index contributed by atoms with van der Waals surface area (Å²) in [5.74, 6) is 0.471. The average molecular weight is 326 g/mol. The summed E-state index contributed by atoms with van der Waals surface area (Å²) in [5.41, 5.74) is 1.03. The lowest BCUT2D eigenvalue weighted by Crippen LogP contribution is -2.34. The summed E-state index contributed by atoms with van der Waals surface area (Å²) < 4.78 is 5.74. The molecule has 1 fully saturated rings. The molecule has 1 unspecified atom stereocenters. The van der Waals surface area contributed by atoms with E-state index in [4.69, 9.17) is 4.74 Å². The number of carbonyl (C=O) groups is 1. The zero-order chi connectivity index (χ0) is 16.8. The summed E-state index contributed by atoms with van der Waals surface area (Å²) in [4.78, 5) is 14.2. The molecule has 0 radical (unpaired) electrons. The molecule has 1 aromatic heterocycles. The normalized spacial score (nSPS) is 17.3. The summed E-state index contributed by atoms with van der Waals surface area (Å²) in [6, 6.07) is 12.8. The highest BCUT2D eigenvalue weighted by Gasteiger charge is 2.17. The average Bonchev–Trinajstić information content (AvgIpc) is 2.63. The standard InChI is InChI=1S/C18H22N4O2/c1-22(13-15-9-5-6-12-24-15)17-11-10-16(20-21-17)18(23)19-14-7-3-2-4-8-14/h2-4,7-8,10-11,15H,5-6,9,12-13H2,1H3,(H,19,23). The Hall–Kier alpha value is -2.47. The Balaban J connectivity index is 1.59. The minimum atomic E-state index is -0.265. The first-order valence-corrected chi connectivity index (χ1v) is 8.25. The molecule has 6 nitrogen and oxygen atoms in total. The van der Waals surface area contributed by atoms with Crippen LogP contribution in [0.2, 0.25) is 0 Å². The largest absolute Gasteiger partial charge is 0.376 e. The van der Waals surface area contributed by atoms with Crippen LogP contribution < -0.4 is 10.2 Å². The SMILES string of the molecule is CN(CC1CCCCO1)c1ccc(C(=O)Nc2ccccc2)nn1. The molecule has 1 N–H and O–H groups in total. The topological polar surface area (TPSA) is 67.3 Å². The van der Waals surface area contributed by atoms with Crippen molar-refractivity contribution in [3.63, 3.8) is 0 Å². The number of nitrogens with zero attached hydrogens (tertiary/aromatic N) is 3. The van der Waals surface area contributed by atoms with E-state index in [1.165, 1.54) is 6.42 Å². The number of amides is 1. The van der Waals surface area contributed by atoms with Gasteiger partial charge in [-0.25, -0.2) is 0 Å². The molecule has 1 atom stereocenters. The Labute approximate surface area is 141 Å². The van der Waals surface area contributed by atoms with Crippen LogP contribution in [0.15, 0.2) is 42.5 Å². The Kier molecular flexibility index (Phi) is 5.38. The quantitative estimate of drug-likeness (QED) is 0.915. The van der Waals surface area contributed by atoms with Gasteiger partial charge < -0.3 is 15.0 Å². The van der Waals surface area contributed by atoms with E-state index in [0.29, 0.717) is 5.69 Å². The number of aromatic nitrogens is 2. The molecule has 1 aliphatic heterocycles. The first kappa shape index (κ1) is 16.4. The fourth-order valence-corrected chi connectivity index (χ4v) is 2.72. The van der Waals surface area contributed by atoms with E-state index in [-0.39, 0.29) is 12.0 Å². The molecule has 1 aromatic carbocycles. The first-order chi connectivity index (χ1) is 11.7. The van der Waals surface area contributed by atoms with Crippen molar-refractivity contribution in [2.24, 2.45) is 0 Å². The van der Waals surface area contributed by atoms with Gasteiger partial charge in [0.2, 0.25) is 0 Å². The summed E-state index contributed by atoms with van der Waals surface area (Å²) in [6.07, 6.45) is 3.68. The van der Waals surface area contributed by atoms with Crippen molar-refractivity contribution in [1.29, 1.82) is 0 Å². The molecule has 1 aliphatic rings. The van der Waals surface area contributed by atoms with Crippen molar-refractivity contribution in [2.45, 2.75) is 25.4 Å². The highest BCUT2D eigenvalue weighted by molar-refractivity contribution is 6.02. The van der Waals surface area contributed by atoms with Crippen molar-refractivity contribution in [2.75, 3.05) is 30.4 Å². The lowest BCUT2D eigenvalue weighted by Gasteiger charge is -2.27. The van der Waals surface area contributed by atoms with Gasteiger partial charge in [-0.2, -0.15) is 0 Å². The molecule has 2 heterocycles. The summed E-state index contributed by atoms with van der Waals surface area (Å²) in [6.45, 7) is 1.62. The molecule has 0 saturated carbocycles. The van der Waals surface area contributed by atoms with Crippen molar-refractivity contribution in [3.05, 3.63) is 48.2 Å². The minimum absolute atomic E-state index is 0.242. The monoisotopic (exact) mass is 326 g/mol. The second-order valence-corrected chi connectivity index (χ2v) is 5.97. The molecule has 0 spiro atoms. The van der Waals surface area contributed by atoms with Crippen LogP contribution in [0.3, 0.4) is 0 Å². The maximum Gasteiger partial charge on any atom is 0.276 e. The number of anilines is 2. The van der Waals surface area contributed by atoms with Gasteiger partial charge in [0, 0.05) is 25.9 Å². The van der Waals surface area contributed by atoms with E-state index in [0.717, 1.165) is 37.5 Å². The predicted molar refractivity (Wildman–Crippen MR) is 93.3 cm³/mol. The minimum Gasteiger partial charge on any atom is -0.376 e. The van der Waals surface area contributed by atoms with Gasteiger partial charge in [-0.15, -0.1) is 10.2 Å². The number of para-hydroxylation sites is 1. The molecule has 126 valence electrons. The molecule has 1 saturated heterocycles. The zero-order valence-corrected chi connectivity index (χ0v) is 13.8. The number of hydrogen-bond acceptors (Lipinski definition) is 5. The van der Waals surface area contributed by atoms with E-state index in [1.807, 2.05) is 48.3 Å². The second-order valence-electron chi connectivity index (χ2n) is 5.97. The van der Waals surface area contributed by atoms with E-state index in [1.54, 1.807) is 6.07 Å². The molecule has 6 heteroatoms. The van der Waals surface area contributed by atoms with Gasteiger partial charge in [0.1, 0.15) is 0 Å². The fourth-order valence-electron chi connectivity index (χ4n) is 2.72. The van der Waals surface area contributed by atoms with Crippen LogP contribution in [0.1, 0.15) is 29.8 Å². The molecular weight excluding hydrogens is 304 g/mol. The number of nitrogens with one attached hydrogen (secondary N) is 1. The lowest BCUT2D eigenvalue weighted by atomic mass is 10.1. The van der Waals surface area contributed by atoms with E-state index in [2.05, 4.69) is 15.5 Å². The summed E-state index contributed by atoms with van der Waals surface area (Å²) in [5, 5.41) is 11.0. The Morgan fingerprint density at radius 3 is 2.71 bits per heavy atom. The highest BCUT2D eigenvalue weighted by Crippen LogP contribution is 2.16. The van der Waals surface area contributed by atoms with Crippen LogP contribution in [0.5, 0.6) is 0 Å². The number of hydrogen-bond donors (Lipinski definition) is 1. The van der Waals surface area contributed by atoms with Gasteiger partial charge >= 0.3 is 0 Å². The zero-order valence-electron chi connectivity index (χ0n) is 13.8. The number of ether oxygens (including phenoxy) is 1. The van der Waals surface area contributed by atoms with Crippen LogP contribution in [-0.2, 0) is 4.74 Å². The third kappa shape index (κ3) is 4.29. The molecular formula is C18H22N4O2. The molecule has 24 heavy (non-hydrogen) atoms. The van der Waals surface area contributed by atoms with Crippen LogP contribution in [0, 0.1) is 0 Å². The van der Waals surface area contributed by atoms with Crippen LogP contribution in [0.25, 0.3) is 0 Å². The van der Waals surface area contributed by atoms with Crippen LogP contribution in [-0.4, -0.2) is 42.4 Å². The summed E-state index contributed by atoms with van der Waals surface area (Å²) >= 11 is 0. The second kappa shape index (κ2) is 7.88. The van der Waals surface area contributed by atoms with Gasteiger partial charge in [0.15, 0.2) is 11.5 Å². The van der Waals surface area contributed by atoms with Crippen LogP contribution in [0.4, 0.5) is 11.5 Å². The van der Waals surface area contributed by atoms with Gasteiger partial charge in [-0.1, -0.05) is 18.2 Å². The Morgan fingerprint density at radius 2 is 2.04 bits per heavy atom. The van der Waals surface area contributed by atoms with Gasteiger partial charge in [-0.3, -0.25) is 4.79 Å². The molecule has 0 aliphatic carbocycles. The lowest BCUT2D eigenvalue weighted by molar-refractivity contribution is 0.0215. The summed E-state index contributed by atoms with van der Waals surface area (Å²) in [7, 11) is 1.96. The Bertz CT molecular complexity index is 654. The van der Waals surface area contributed by atoms with Crippen molar-refractivity contribution in [1.82, 2.24) is 10.2 Å².